The van der Waals surface area contributed by atoms with Gasteiger partial charge in [-0.2, -0.15) is 0 Å². The van der Waals surface area contributed by atoms with Crippen molar-refractivity contribution in [3.8, 4) is 92.0 Å². The van der Waals surface area contributed by atoms with Crippen molar-refractivity contribution in [2.24, 2.45) is 0 Å². The largest absolute Gasteiger partial charge is 0.453 e. The molecule has 0 unspecified atom stereocenters. The number of hydrogen-bond donors (Lipinski definition) is 8. The maximum atomic E-state index is 7.54. The zero-order chi connectivity index (χ0) is 78.0. The zero-order valence-electron chi connectivity index (χ0n) is 67.7. The summed E-state index contributed by atoms with van der Waals surface area (Å²) < 4.78 is 60.3. The van der Waals surface area contributed by atoms with Crippen LogP contribution in [0.15, 0.2) is 97.1 Å². The second-order valence-electron chi connectivity index (χ2n) is 32.9. The normalized spacial score (nSPS) is 15.8. The quantitative estimate of drug-likeness (QED) is 0.0131. The van der Waals surface area contributed by atoms with Crippen LogP contribution in [-0.2, 0) is 0 Å². The lowest BCUT2D eigenvalue weighted by Gasteiger charge is -2.30. The molecule has 16 N–H and O–H groups in total. The Balaban J connectivity index is 1.13. The van der Waals surface area contributed by atoms with Crippen molar-refractivity contribution in [1.82, 2.24) is 0 Å². The molecular weight excluding hydrogens is 1390 g/mol. The minimum absolute atomic E-state index is 0.341. The van der Waals surface area contributed by atoms with Gasteiger partial charge in [0.1, 0.15) is 46.0 Å². The van der Waals surface area contributed by atoms with E-state index >= 15 is 0 Å². The predicted octanol–water partition coefficient (Wildman–Crippen LogP) is 28.5. The highest BCUT2D eigenvalue weighted by Gasteiger charge is 2.39. The fraction of sp³-hybridized carbons (Fsp3) is 0.500. The molecule has 0 amide bonds. The van der Waals surface area contributed by atoms with Crippen molar-refractivity contribution < 1.29 is 37.9 Å². The number of hydrogen-bond acceptors (Lipinski definition) is 16. The lowest BCUT2D eigenvalue weighted by Crippen LogP contribution is -2.13. The number of unbranched alkanes of at least 4 members (excludes halogenated alkanes) is 32. The first-order valence-corrected chi connectivity index (χ1v) is 43.6. The SMILES string of the molecule is CCCCCCCCCCCC1c2cc3c4cc2Oc2cc(N)c(N)cc2Oc2cc5c(cc21)C(CCCCCCCCCCC)c1cc2c(cc1Oc1cc(N)c(N)cc1O5)Oc1cc(N)c(N)cc1Oc1cc(c(cc1C2CCCCCCCCCCC)C3CCCCCCCCCCC)Oc1cc(N)c(N)cc1O4. The molecule has 8 bridgehead atoms. The highest BCUT2D eigenvalue weighted by molar-refractivity contribution is 5.77. The Kier molecular flexibility index (Phi) is 28.0. The molecule has 0 saturated heterocycles. The minimum Gasteiger partial charge on any atom is -0.453 e. The van der Waals surface area contributed by atoms with Gasteiger partial charge in [-0.1, -0.05) is 259 Å². The number of benzene rings is 8. The Labute approximate surface area is 667 Å². The third-order valence-electron chi connectivity index (χ3n) is 24.3. The highest BCUT2D eigenvalue weighted by atomic mass is 16.5. The van der Waals surface area contributed by atoms with E-state index in [0.29, 0.717) is 137 Å². The summed E-state index contributed by atoms with van der Waals surface area (Å²) in [6.07, 6.45) is 45.0. The van der Waals surface area contributed by atoms with Crippen molar-refractivity contribution in [2.45, 2.75) is 308 Å². The van der Waals surface area contributed by atoms with E-state index in [1.807, 2.05) is 0 Å². The molecular formula is C96H128N8O8. The Bertz CT molecular complexity index is 3730. The second-order valence-corrected chi connectivity index (χ2v) is 32.9. The van der Waals surface area contributed by atoms with Crippen LogP contribution in [0.1, 0.15) is 353 Å². The summed E-state index contributed by atoms with van der Waals surface area (Å²) in [6, 6.07) is 32.2. The summed E-state index contributed by atoms with van der Waals surface area (Å²) in [4.78, 5) is 0. The zero-order valence-corrected chi connectivity index (χ0v) is 67.7. The molecule has 4 heterocycles. The molecule has 0 spiro atoms. The van der Waals surface area contributed by atoms with Crippen LogP contribution in [0.4, 0.5) is 45.5 Å². The van der Waals surface area contributed by atoms with E-state index in [4.69, 9.17) is 83.8 Å². The van der Waals surface area contributed by atoms with Crippen molar-refractivity contribution >= 4 is 45.5 Å². The van der Waals surface area contributed by atoms with Crippen LogP contribution < -0.4 is 83.8 Å². The number of nitrogen functional groups attached to an aromatic ring is 8. The smallest absolute Gasteiger partial charge is 0.172 e. The lowest BCUT2D eigenvalue weighted by atomic mass is 9.76. The Hall–Kier alpha value is -9.44. The molecule has 16 heteroatoms. The summed E-state index contributed by atoms with van der Waals surface area (Å²) in [5.41, 5.74) is 65.7. The fourth-order valence-corrected chi connectivity index (χ4v) is 17.8. The monoisotopic (exact) mass is 1520 g/mol. The summed E-state index contributed by atoms with van der Waals surface area (Å²) in [5, 5.41) is 0. The van der Waals surface area contributed by atoms with Crippen LogP contribution in [0.2, 0.25) is 0 Å². The van der Waals surface area contributed by atoms with Gasteiger partial charge in [-0.15, -0.1) is 0 Å². The van der Waals surface area contributed by atoms with Gasteiger partial charge < -0.3 is 83.8 Å². The maximum absolute atomic E-state index is 7.54. The van der Waals surface area contributed by atoms with Gasteiger partial charge >= 0.3 is 0 Å². The third-order valence-corrected chi connectivity index (χ3v) is 24.3. The highest BCUT2D eigenvalue weighted by Crippen LogP contribution is 2.61. The molecule has 0 atom stereocenters. The van der Waals surface area contributed by atoms with Crippen LogP contribution in [0.3, 0.4) is 0 Å². The van der Waals surface area contributed by atoms with Gasteiger partial charge in [0.2, 0.25) is 0 Å². The summed E-state index contributed by atoms with van der Waals surface area (Å²) in [6.45, 7) is 9.13. The maximum Gasteiger partial charge on any atom is 0.172 e. The third kappa shape index (κ3) is 19.4. The van der Waals surface area contributed by atoms with Gasteiger partial charge in [0, 0.05) is 141 Å². The Morgan fingerprint density at radius 3 is 0.420 bits per heavy atom. The molecule has 0 aromatic heterocycles. The van der Waals surface area contributed by atoms with Gasteiger partial charge in [-0.05, 0) is 49.9 Å². The van der Waals surface area contributed by atoms with Crippen LogP contribution in [0.25, 0.3) is 0 Å². The van der Waals surface area contributed by atoms with Gasteiger partial charge in [0.05, 0.1) is 45.5 Å². The molecule has 8 aromatic rings. The summed E-state index contributed by atoms with van der Waals surface area (Å²) >= 11 is 0. The average molecular weight is 1520 g/mol. The van der Waals surface area contributed by atoms with Crippen molar-refractivity contribution in [3.63, 3.8) is 0 Å². The van der Waals surface area contributed by atoms with Gasteiger partial charge in [-0.25, -0.2) is 0 Å². The van der Waals surface area contributed by atoms with E-state index in [0.717, 1.165) is 147 Å². The number of rotatable bonds is 40. The number of nitrogens with two attached hydrogens (primary N) is 8. The van der Waals surface area contributed by atoms with E-state index in [1.54, 1.807) is 48.5 Å². The van der Waals surface area contributed by atoms with Gasteiger partial charge in [-0.3, -0.25) is 0 Å². The predicted molar refractivity (Wildman–Crippen MR) is 462 cm³/mol. The molecule has 5 aliphatic rings. The van der Waals surface area contributed by atoms with Crippen LogP contribution in [0, 0.1) is 0 Å². The number of anilines is 8. The first kappa shape index (κ1) is 80.6. The first-order valence-electron chi connectivity index (χ1n) is 43.6. The summed E-state index contributed by atoms with van der Waals surface area (Å²) in [7, 11) is 0. The van der Waals surface area contributed by atoms with E-state index < -0.39 is 0 Å². The lowest BCUT2D eigenvalue weighted by molar-refractivity contribution is 0.400. The molecule has 16 nitrogen and oxygen atoms in total. The molecule has 4 aliphatic heterocycles. The van der Waals surface area contributed by atoms with Crippen molar-refractivity contribution in [2.75, 3.05) is 45.9 Å². The van der Waals surface area contributed by atoms with Crippen molar-refractivity contribution in [3.05, 3.63) is 142 Å². The molecule has 112 heavy (non-hydrogen) atoms. The Morgan fingerprint density at radius 2 is 0.286 bits per heavy atom. The van der Waals surface area contributed by atoms with E-state index in [-0.39, 0.29) is 23.7 Å². The second kappa shape index (κ2) is 38.9. The minimum atomic E-state index is -0.341. The van der Waals surface area contributed by atoms with E-state index in [2.05, 4.69) is 76.2 Å². The molecule has 0 fully saturated rings. The van der Waals surface area contributed by atoms with Crippen LogP contribution >= 0.6 is 0 Å². The molecule has 8 aromatic carbocycles. The Morgan fingerprint density at radius 1 is 0.161 bits per heavy atom. The standard InChI is InChI=1S/C96H128N8O8/c1-5-9-13-17-21-25-29-33-37-41-61-65-45-67-62(42-38-34-30-26-22-18-14-10-6-2)69-47-71-64(44-40-36-32-28-24-20-16-12-8-4)72-48-70-63(43-39-35-31-27-23-19-15-11-7-3)68-46-66(61)82-58-84(68)108-92-52-76(100)78(102)54-94(92)110-86(70)60-88(72)112-96-56-80(104)79(103)55-95(96)111-87(71)59-85(69)109-93-53-77(101)75(99)51-91(93)107-83(67)57-81(65)105-89-49-73(97)74(98)50-90(89)106-82/h45-64H,5-44,97-104H2,1-4H3. The number of ether oxygens (including phenoxy) is 8. The van der Waals surface area contributed by atoms with E-state index in [1.165, 1.54) is 154 Å². The molecule has 0 saturated carbocycles. The number of fused-ring (bicyclic) bond motifs is 4. The average Bonchev–Trinajstić information content (AvgIpc) is 1.51. The van der Waals surface area contributed by atoms with Gasteiger partial charge in [0.15, 0.2) is 46.0 Å². The van der Waals surface area contributed by atoms with Crippen molar-refractivity contribution in [1.29, 1.82) is 0 Å². The van der Waals surface area contributed by atoms with Crippen LogP contribution in [-0.4, -0.2) is 0 Å². The molecule has 0 radical (unpaired) electrons. The fourth-order valence-electron chi connectivity index (χ4n) is 17.8. The topological polar surface area (TPSA) is 282 Å². The van der Waals surface area contributed by atoms with Gasteiger partial charge in [0.25, 0.3) is 0 Å². The molecule has 13 rings (SSSR count). The summed E-state index contributed by atoms with van der Waals surface area (Å²) in [5.74, 6) is 6.35. The molecule has 600 valence electrons. The first-order chi connectivity index (χ1) is 54.7. The molecule has 1 aliphatic carbocycles. The van der Waals surface area contributed by atoms with Crippen LogP contribution in [0.5, 0.6) is 92.0 Å². The van der Waals surface area contributed by atoms with E-state index in [9.17, 15) is 0 Å².